The molecule has 0 aliphatic heterocycles. The van der Waals surface area contributed by atoms with E-state index >= 15 is 0 Å². The molecule has 4 heteroatoms. The van der Waals surface area contributed by atoms with Gasteiger partial charge >= 0.3 is 0 Å². The molecule has 1 aromatic heterocycles. The van der Waals surface area contributed by atoms with E-state index in [4.69, 9.17) is 0 Å². The Morgan fingerprint density at radius 2 is 2.05 bits per heavy atom. The van der Waals surface area contributed by atoms with Crippen molar-refractivity contribution >= 4 is 31.9 Å². The molecule has 21 heavy (non-hydrogen) atoms. The molecular formula is C17H20Br2N2. The van der Waals surface area contributed by atoms with Gasteiger partial charge in [0.25, 0.3) is 0 Å². The fraction of sp³-hybridized carbons (Fsp3) is 0.353. The standard InChI is InChI=1S/C17H20Br2N2/c1-3-7-20-16(9-13-6-4-5-12(2)8-13)17-15(19)10-14(18)11-21-17/h4-6,8,10-11,16,20H,3,7,9H2,1-2H3. The van der Waals surface area contributed by atoms with E-state index in [1.807, 2.05) is 6.20 Å². The number of pyridine rings is 1. The van der Waals surface area contributed by atoms with Crippen LogP contribution in [0, 0.1) is 6.92 Å². The van der Waals surface area contributed by atoms with Crippen LogP contribution in [0.2, 0.25) is 0 Å². The zero-order valence-corrected chi connectivity index (χ0v) is 15.5. The van der Waals surface area contributed by atoms with Gasteiger partial charge in [-0.05, 0) is 69.8 Å². The fourth-order valence-corrected chi connectivity index (χ4v) is 3.60. The lowest BCUT2D eigenvalue weighted by Crippen LogP contribution is -2.25. The molecule has 1 heterocycles. The van der Waals surface area contributed by atoms with Crippen LogP contribution in [0.5, 0.6) is 0 Å². The van der Waals surface area contributed by atoms with Crippen molar-refractivity contribution in [1.82, 2.24) is 10.3 Å². The van der Waals surface area contributed by atoms with Crippen molar-refractivity contribution < 1.29 is 0 Å². The number of rotatable bonds is 6. The van der Waals surface area contributed by atoms with Gasteiger partial charge in [-0.3, -0.25) is 4.98 Å². The second-order valence-electron chi connectivity index (χ2n) is 5.22. The smallest absolute Gasteiger partial charge is 0.0719 e. The van der Waals surface area contributed by atoms with Crippen LogP contribution < -0.4 is 5.32 Å². The van der Waals surface area contributed by atoms with Crippen molar-refractivity contribution in [2.24, 2.45) is 0 Å². The van der Waals surface area contributed by atoms with Crippen molar-refractivity contribution in [3.05, 3.63) is 62.3 Å². The van der Waals surface area contributed by atoms with Crippen LogP contribution in [0.25, 0.3) is 0 Å². The number of halogens is 2. The van der Waals surface area contributed by atoms with Crippen LogP contribution in [0.15, 0.2) is 45.5 Å². The normalized spacial score (nSPS) is 12.4. The molecular weight excluding hydrogens is 392 g/mol. The molecule has 1 aromatic carbocycles. The molecule has 0 saturated heterocycles. The summed E-state index contributed by atoms with van der Waals surface area (Å²) in [7, 11) is 0. The lowest BCUT2D eigenvalue weighted by atomic mass is 10.0. The summed E-state index contributed by atoms with van der Waals surface area (Å²) in [5.41, 5.74) is 3.69. The first-order valence-electron chi connectivity index (χ1n) is 7.20. The Kier molecular flexibility index (Phi) is 6.40. The Morgan fingerprint density at radius 1 is 1.24 bits per heavy atom. The molecule has 0 aliphatic carbocycles. The lowest BCUT2D eigenvalue weighted by Gasteiger charge is -2.20. The third kappa shape index (κ3) is 4.90. The molecule has 2 nitrogen and oxygen atoms in total. The van der Waals surface area contributed by atoms with Crippen LogP contribution in [-0.2, 0) is 6.42 Å². The van der Waals surface area contributed by atoms with Crippen molar-refractivity contribution in [2.75, 3.05) is 6.54 Å². The van der Waals surface area contributed by atoms with Gasteiger partial charge in [0, 0.05) is 15.1 Å². The fourth-order valence-electron chi connectivity index (χ4n) is 2.34. The van der Waals surface area contributed by atoms with E-state index in [2.05, 4.69) is 86.3 Å². The number of aryl methyl sites for hydroxylation is 1. The number of hydrogen-bond acceptors (Lipinski definition) is 2. The summed E-state index contributed by atoms with van der Waals surface area (Å²) in [4.78, 5) is 4.59. The summed E-state index contributed by atoms with van der Waals surface area (Å²) in [6, 6.07) is 10.9. The average Bonchev–Trinajstić information content (AvgIpc) is 2.44. The zero-order valence-electron chi connectivity index (χ0n) is 12.4. The van der Waals surface area contributed by atoms with Gasteiger partial charge in [0.15, 0.2) is 0 Å². The molecule has 0 bridgehead atoms. The second-order valence-corrected chi connectivity index (χ2v) is 6.99. The first-order chi connectivity index (χ1) is 10.1. The van der Waals surface area contributed by atoms with Crippen molar-refractivity contribution in [1.29, 1.82) is 0 Å². The summed E-state index contributed by atoms with van der Waals surface area (Å²) >= 11 is 7.10. The zero-order chi connectivity index (χ0) is 15.2. The van der Waals surface area contributed by atoms with E-state index in [9.17, 15) is 0 Å². The third-order valence-corrected chi connectivity index (χ3v) is 4.40. The summed E-state index contributed by atoms with van der Waals surface area (Å²) in [5.74, 6) is 0. The highest BCUT2D eigenvalue weighted by atomic mass is 79.9. The Balaban J connectivity index is 2.25. The maximum atomic E-state index is 4.59. The monoisotopic (exact) mass is 410 g/mol. The van der Waals surface area contributed by atoms with E-state index in [1.165, 1.54) is 11.1 Å². The highest BCUT2D eigenvalue weighted by Crippen LogP contribution is 2.27. The molecule has 0 amide bonds. The van der Waals surface area contributed by atoms with Gasteiger partial charge in [-0.2, -0.15) is 0 Å². The van der Waals surface area contributed by atoms with Crippen molar-refractivity contribution in [2.45, 2.75) is 32.7 Å². The second kappa shape index (κ2) is 8.06. The number of benzene rings is 1. The molecule has 1 unspecified atom stereocenters. The van der Waals surface area contributed by atoms with Gasteiger partial charge in [0.1, 0.15) is 0 Å². The van der Waals surface area contributed by atoms with Gasteiger partial charge in [-0.15, -0.1) is 0 Å². The summed E-state index contributed by atoms with van der Waals surface area (Å²) in [6.45, 7) is 5.30. The lowest BCUT2D eigenvalue weighted by molar-refractivity contribution is 0.515. The molecule has 1 N–H and O–H groups in total. The minimum absolute atomic E-state index is 0.217. The van der Waals surface area contributed by atoms with E-state index in [0.29, 0.717) is 0 Å². The molecule has 0 radical (unpaired) electrons. The van der Waals surface area contributed by atoms with Gasteiger partial charge in [0.2, 0.25) is 0 Å². The quantitative estimate of drug-likeness (QED) is 0.706. The highest BCUT2D eigenvalue weighted by Gasteiger charge is 2.16. The Morgan fingerprint density at radius 3 is 2.71 bits per heavy atom. The third-order valence-electron chi connectivity index (χ3n) is 3.33. The van der Waals surface area contributed by atoms with Crippen molar-refractivity contribution in [3.8, 4) is 0 Å². The molecule has 1 atom stereocenters. The predicted octanol–water partition coefficient (Wildman–Crippen LogP) is 5.20. The number of hydrogen-bond donors (Lipinski definition) is 1. The van der Waals surface area contributed by atoms with E-state index in [1.54, 1.807) is 0 Å². The molecule has 112 valence electrons. The largest absolute Gasteiger partial charge is 0.308 e. The van der Waals surface area contributed by atoms with Crippen LogP contribution in [0.3, 0.4) is 0 Å². The van der Waals surface area contributed by atoms with Gasteiger partial charge in [0.05, 0.1) is 11.7 Å². The van der Waals surface area contributed by atoms with Crippen LogP contribution in [0.4, 0.5) is 0 Å². The van der Waals surface area contributed by atoms with Gasteiger partial charge < -0.3 is 5.32 Å². The molecule has 2 rings (SSSR count). The molecule has 0 aliphatic rings. The van der Waals surface area contributed by atoms with E-state index in [0.717, 1.165) is 34.0 Å². The topological polar surface area (TPSA) is 24.9 Å². The molecule has 2 aromatic rings. The minimum Gasteiger partial charge on any atom is -0.308 e. The summed E-state index contributed by atoms with van der Waals surface area (Å²) in [5, 5.41) is 3.61. The van der Waals surface area contributed by atoms with Crippen LogP contribution >= 0.6 is 31.9 Å². The number of nitrogens with zero attached hydrogens (tertiary/aromatic N) is 1. The number of nitrogens with one attached hydrogen (secondary N) is 1. The van der Waals surface area contributed by atoms with Crippen molar-refractivity contribution in [3.63, 3.8) is 0 Å². The van der Waals surface area contributed by atoms with E-state index < -0.39 is 0 Å². The first kappa shape index (κ1) is 16.7. The van der Waals surface area contributed by atoms with Crippen LogP contribution in [0.1, 0.15) is 36.2 Å². The maximum Gasteiger partial charge on any atom is 0.0719 e. The first-order valence-corrected chi connectivity index (χ1v) is 8.78. The van der Waals surface area contributed by atoms with E-state index in [-0.39, 0.29) is 6.04 Å². The molecule has 0 fully saturated rings. The molecule has 0 saturated carbocycles. The Bertz CT molecular complexity index is 599. The summed E-state index contributed by atoms with van der Waals surface area (Å²) in [6.07, 6.45) is 3.91. The SMILES string of the molecule is CCCNC(Cc1cccc(C)c1)c1ncc(Br)cc1Br. The minimum atomic E-state index is 0.217. The maximum absolute atomic E-state index is 4.59. The predicted molar refractivity (Wildman–Crippen MR) is 95.6 cm³/mol. The Hall–Kier alpha value is -0.710. The van der Waals surface area contributed by atoms with Crippen LogP contribution in [-0.4, -0.2) is 11.5 Å². The number of aromatic nitrogens is 1. The highest BCUT2D eigenvalue weighted by molar-refractivity contribution is 9.11. The van der Waals surface area contributed by atoms with Gasteiger partial charge in [-0.25, -0.2) is 0 Å². The summed E-state index contributed by atoms with van der Waals surface area (Å²) < 4.78 is 2.03. The molecule has 0 spiro atoms. The Labute approximate surface area is 143 Å². The average molecular weight is 412 g/mol. The van der Waals surface area contributed by atoms with Gasteiger partial charge in [-0.1, -0.05) is 36.8 Å².